The first-order valence-electron chi connectivity index (χ1n) is 18.2. The number of piperazine rings is 1. The largest absolute Gasteiger partial charge is 0.490 e. The molecular formula is C40H52FN7O4. The molecule has 1 saturated heterocycles. The molecule has 0 aromatic heterocycles. The van der Waals surface area contributed by atoms with E-state index in [1.54, 1.807) is 34.2 Å². The Bertz CT molecular complexity index is 1690. The molecule has 2 aliphatic rings. The third kappa shape index (κ3) is 9.89. The van der Waals surface area contributed by atoms with Crippen molar-refractivity contribution in [3.8, 4) is 11.5 Å². The Hall–Kier alpha value is -4.94. The number of aliphatic imine (C=N–C) groups is 1. The van der Waals surface area contributed by atoms with Crippen molar-refractivity contribution in [1.29, 1.82) is 0 Å². The number of aryl methyl sites for hydroxylation is 2. The van der Waals surface area contributed by atoms with Gasteiger partial charge in [0.15, 0.2) is 11.6 Å². The number of carbonyl (C=O) groups is 2. The number of para-hydroxylation sites is 2. The molecule has 11 nitrogen and oxygen atoms in total. The fraction of sp³-hybridized carbons (Fsp3) is 0.425. The summed E-state index contributed by atoms with van der Waals surface area (Å²) in [5.41, 5.74) is 2.70. The fourth-order valence-electron chi connectivity index (χ4n) is 6.43. The second kappa shape index (κ2) is 18.5. The molecule has 3 aromatic carbocycles. The third-order valence-electron chi connectivity index (χ3n) is 9.48. The molecular weight excluding hydrogens is 661 g/mol. The van der Waals surface area contributed by atoms with Crippen LogP contribution in [0.5, 0.6) is 11.5 Å². The second-order valence-corrected chi connectivity index (χ2v) is 13.1. The van der Waals surface area contributed by atoms with Gasteiger partial charge in [0.1, 0.15) is 11.9 Å². The molecule has 1 atom stereocenters. The quantitative estimate of drug-likeness (QED) is 0.194. The lowest BCUT2D eigenvalue weighted by Crippen LogP contribution is -2.56. The number of benzene rings is 3. The van der Waals surface area contributed by atoms with E-state index >= 15 is 4.39 Å². The lowest BCUT2D eigenvalue weighted by molar-refractivity contribution is -0.131. The second-order valence-electron chi connectivity index (χ2n) is 13.1. The lowest BCUT2D eigenvalue weighted by atomic mass is 10.1. The maximum absolute atomic E-state index is 15.4. The van der Waals surface area contributed by atoms with Crippen LogP contribution in [-0.4, -0.2) is 110 Å². The van der Waals surface area contributed by atoms with Gasteiger partial charge in [0, 0.05) is 82.4 Å². The predicted molar refractivity (Wildman–Crippen MR) is 205 cm³/mol. The Morgan fingerprint density at radius 2 is 1.65 bits per heavy atom. The van der Waals surface area contributed by atoms with E-state index in [1.165, 1.54) is 6.07 Å². The van der Waals surface area contributed by atoms with Crippen LogP contribution in [-0.2, 0) is 4.79 Å². The molecule has 1 fully saturated rings. The lowest BCUT2D eigenvalue weighted by Gasteiger charge is -2.40. The van der Waals surface area contributed by atoms with Gasteiger partial charge in [-0.15, -0.1) is 0 Å². The molecule has 5 rings (SSSR count). The van der Waals surface area contributed by atoms with E-state index in [-0.39, 0.29) is 24.6 Å². The number of hydrogen-bond acceptors (Lipinski definition) is 9. The topological polar surface area (TPSA) is 93.2 Å². The van der Waals surface area contributed by atoms with Crippen LogP contribution in [0, 0.1) is 19.7 Å². The maximum atomic E-state index is 15.4. The van der Waals surface area contributed by atoms with Crippen LogP contribution in [0.2, 0.25) is 0 Å². The summed E-state index contributed by atoms with van der Waals surface area (Å²) in [7, 11) is 2.13. The van der Waals surface area contributed by atoms with E-state index in [0.717, 1.165) is 50.3 Å². The Labute approximate surface area is 307 Å². The molecule has 52 heavy (non-hydrogen) atoms. The number of nitrogens with zero attached hydrogens (tertiary/aromatic N) is 6. The molecule has 0 saturated carbocycles. The highest BCUT2D eigenvalue weighted by Crippen LogP contribution is 2.29. The van der Waals surface area contributed by atoms with Crippen molar-refractivity contribution in [3.05, 3.63) is 96.0 Å². The predicted octanol–water partition coefficient (Wildman–Crippen LogP) is 6.35. The van der Waals surface area contributed by atoms with Crippen molar-refractivity contribution >= 4 is 29.3 Å². The van der Waals surface area contributed by atoms with Crippen LogP contribution in [0.15, 0.2) is 84.0 Å². The van der Waals surface area contributed by atoms with E-state index in [0.29, 0.717) is 42.8 Å². The number of carbonyl (C=O) groups excluding carboxylic acids is 2. The Morgan fingerprint density at radius 1 is 0.942 bits per heavy atom. The minimum atomic E-state index is -0.739. The Kier molecular flexibility index (Phi) is 13.6. The number of amides is 2. The highest BCUT2D eigenvalue weighted by Gasteiger charge is 2.35. The van der Waals surface area contributed by atoms with Gasteiger partial charge in [-0.05, 0) is 82.6 Å². The first-order valence-corrected chi connectivity index (χ1v) is 18.2. The van der Waals surface area contributed by atoms with Gasteiger partial charge in [-0.1, -0.05) is 36.4 Å². The zero-order valence-corrected chi connectivity index (χ0v) is 31.1. The van der Waals surface area contributed by atoms with Gasteiger partial charge in [-0.3, -0.25) is 9.69 Å². The summed E-state index contributed by atoms with van der Waals surface area (Å²) in [4.78, 5) is 41.9. The van der Waals surface area contributed by atoms with Crippen LogP contribution >= 0.6 is 0 Å². The van der Waals surface area contributed by atoms with E-state index in [1.807, 2.05) is 81.1 Å². The Morgan fingerprint density at radius 3 is 2.33 bits per heavy atom. The van der Waals surface area contributed by atoms with Gasteiger partial charge in [-0.2, -0.15) is 0 Å². The first kappa shape index (κ1) is 38.3. The molecule has 0 radical (unpaired) electrons. The number of rotatable bonds is 14. The van der Waals surface area contributed by atoms with Gasteiger partial charge >= 0.3 is 6.09 Å². The number of likely N-dealkylation sites (N-methyl/N-ethyl adjacent to an activating group) is 1. The molecule has 0 aliphatic carbocycles. The van der Waals surface area contributed by atoms with Crippen molar-refractivity contribution < 1.29 is 23.5 Å². The van der Waals surface area contributed by atoms with Crippen molar-refractivity contribution in [2.75, 3.05) is 76.2 Å². The van der Waals surface area contributed by atoms with Crippen molar-refractivity contribution in [2.24, 2.45) is 4.99 Å². The van der Waals surface area contributed by atoms with Crippen LogP contribution in [0.25, 0.3) is 0 Å². The first-order chi connectivity index (χ1) is 25.2. The molecule has 1 N–H and O–H groups in total. The van der Waals surface area contributed by atoms with Crippen LogP contribution in [0.4, 0.5) is 20.6 Å². The number of anilines is 2. The Balaban J connectivity index is 1.36. The molecule has 2 amide bonds. The van der Waals surface area contributed by atoms with Crippen LogP contribution in [0.1, 0.15) is 37.8 Å². The minimum Gasteiger partial charge on any atom is -0.490 e. The van der Waals surface area contributed by atoms with E-state index < -0.39 is 18.1 Å². The number of guanidine groups is 1. The van der Waals surface area contributed by atoms with Gasteiger partial charge in [0.25, 0.3) is 0 Å². The summed E-state index contributed by atoms with van der Waals surface area (Å²) >= 11 is 0. The summed E-state index contributed by atoms with van der Waals surface area (Å²) in [5, 5.41) is 3.25. The standard InChI is InChI=1S/C40H52FN7O4/c1-6-46(7-2)37(49)20-23-47-36(48(33-15-9-8-10-16-33)40(50)52-38-30(3)13-11-14-31(38)4)19-21-42-39(47)43-32-17-18-35(34(41)29-32)51-28-12-22-45-26-24-44(5)25-27-45/h8-11,13-19,21,29,36H,6-7,12,20,22-28H2,1-5H3,(H,42,43). The monoisotopic (exact) mass is 713 g/mol. The van der Waals surface area contributed by atoms with Crippen LogP contribution in [0.3, 0.4) is 0 Å². The molecule has 2 heterocycles. The molecule has 1 unspecified atom stereocenters. The van der Waals surface area contributed by atoms with Gasteiger partial charge in [0.05, 0.1) is 6.61 Å². The number of nitrogens with one attached hydrogen (secondary N) is 1. The molecule has 12 heteroatoms. The van der Waals surface area contributed by atoms with E-state index in [4.69, 9.17) is 9.47 Å². The van der Waals surface area contributed by atoms with Gasteiger partial charge in [0.2, 0.25) is 11.9 Å². The molecule has 2 aliphatic heterocycles. The highest BCUT2D eigenvalue weighted by atomic mass is 19.1. The van der Waals surface area contributed by atoms with Crippen molar-refractivity contribution in [1.82, 2.24) is 19.6 Å². The SMILES string of the molecule is CCN(CC)C(=O)CCN1C(Nc2ccc(OCCCN3CCN(C)CC3)c(F)c2)=NC=CC1N(C(=O)Oc1c(C)cccc1C)c1ccccc1. The summed E-state index contributed by atoms with van der Waals surface area (Å²) < 4.78 is 27.3. The molecule has 3 aromatic rings. The summed E-state index contributed by atoms with van der Waals surface area (Å²) in [6, 6.07) is 19.7. The zero-order valence-electron chi connectivity index (χ0n) is 31.1. The molecule has 0 bridgehead atoms. The smallest absolute Gasteiger partial charge is 0.421 e. The van der Waals surface area contributed by atoms with E-state index in [9.17, 15) is 9.59 Å². The molecule has 278 valence electrons. The normalized spacial score (nSPS) is 16.3. The average molecular weight is 714 g/mol. The average Bonchev–Trinajstić information content (AvgIpc) is 3.14. The van der Waals surface area contributed by atoms with E-state index in [2.05, 4.69) is 27.2 Å². The summed E-state index contributed by atoms with van der Waals surface area (Å²) in [6.07, 6.45) is 3.02. The van der Waals surface area contributed by atoms with Gasteiger partial charge in [-0.25, -0.2) is 14.2 Å². The number of ether oxygens (including phenoxy) is 2. The zero-order chi connectivity index (χ0) is 37.0. The fourth-order valence-corrected chi connectivity index (χ4v) is 6.43. The van der Waals surface area contributed by atoms with Gasteiger partial charge < -0.3 is 34.4 Å². The maximum Gasteiger partial charge on any atom is 0.421 e. The summed E-state index contributed by atoms with van der Waals surface area (Å²) in [6.45, 7) is 14.5. The number of hydrogen-bond donors (Lipinski definition) is 1. The minimum absolute atomic E-state index is 0.0257. The highest BCUT2D eigenvalue weighted by molar-refractivity contribution is 5.98. The van der Waals surface area contributed by atoms with Crippen molar-refractivity contribution in [3.63, 3.8) is 0 Å². The van der Waals surface area contributed by atoms with Crippen molar-refractivity contribution in [2.45, 2.75) is 46.7 Å². The van der Waals surface area contributed by atoms with Crippen LogP contribution < -0.4 is 19.7 Å². The molecule has 0 spiro atoms. The number of halogens is 1. The third-order valence-corrected chi connectivity index (χ3v) is 9.48. The summed E-state index contributed by atoms with van der Waals surface area (Å²) in [5.74, 6) is 0.488.